The van der Waals surface area contributed by atoms with Crippen molar-refractivity contribution in [2.45, 2.75) is 52.0 Å². The maximum absolute atomic E-state index is 5.79. The number of nitrogens with zero attached hydrogens (tertiary/aromatic N) is 3. The topological polar surface area (TPSA) is 68.2 Å². The van der Waals surface area contributed by atoms with E-state index in [9.17, 15) is 0 Å². The van der Waals surface area contributed by atoms with E-state index in [0.717, 1.165) is 26.1 Å². The summed E-state index contributed by atoms with van der Waals surface area (Å²) in [5.41, 5.74) is 5.79. The molecule has 116 valence electrons. The normalized spacial score (nSPS) is 11.2. The van der Waals surface area contributed by atoms with Gasteiger partial charge >= 0.3 is 0 Å². The third-order valence-corrected chi connectivity index (χ3v) is 3.03. The maximum Gasteiger partial charge on any atom is 0.188 e. The number of guanidine groups is 1. The van der Waals surface area contributed by atoms with Gasteiger partial charge in [0, 0.05) is 32.0 Å². The van der Waals surface area contributed by atoms with Crippen molar-refractivity contribution in [2.75, 3.05) is 13.1 Å². The fourth-order valence-electron chi connectivity index (χ4n) is 1.88. The van der Waals surface area contributed by atoms with Gasteiger partial charge in [0.1, 0.15) is 0 Å². The molecular weight excluding hydrogens is 365 g/mol. The van der Waals surface area contributed by atoms with Gasteiger partial charge < -0.3 is 15.6 Å². The standard InChI is InChI=1S/C14H27N5.HI/c1-2-3-4-5-6-7-8-17-14(15)18-10-12-19-11-9-16-13-19;/h9,11,13H,2-8,10,12H2,1H3,(H3,15,17,18);1H. The Morgan fingerprint density at radius 3 is 2.70 bits per heavy atom. The molecule has 0 bridgehead atoms. The van der Waals surface area contributed by atoms with Crippen LogP contribution in [0.25, 0.3) is 0 Å². The summed E-state index contributed by atoms with van der Waals surface area (Å²) in [4.78, 5) is 8.30. The number of hydrogen-bond acceptors (Lipinski definition) is 2. The Morgan fingerprint density at radius 1 is 1.25 bits per heavy atom. The lowest BCUT2D eigenvalue weighted by molar-refractivity contribution is 0.611. The van der Waals surface area contributed by atoms with E-state index in [1.807, 2.05) is 10.8 Å². The number of halogens is 1. The minimum Gasteiger partial charge on any atom is -0.370 e. The zero-order valence-corrected chi connectivity index (χ0v) is 14.8. The van der Waals surface area contributed by atoms with Crippen LogP contribution in [-0.2, 0) is 6.54 Å². The molecule has 0 aliphatic rings. The Balaban J connectivity index is 0.00000361. The van der Waals surface area contributed by atoms with Crippen LogP contribution in [0.15, 0.2) is 23.7 Å². The molecule has 0 fully saturated rings. The lowest BCUT2D eigenvalue weighted by Crippen LogP contribution is -2.34. The van der Waals surface area contributed by atoms with Crippen molar-refractivity contribution in [3.05, 3.63) is 18.7 Å². The molecule has 1 aromatic heterocycles. The minimum absolute atomic E-state index is 0. The molecule has 0 amide bonds. The molecule has 0 saturated heterocycles. The molecule has 0 atom stereocenters. The van der Waals surface area contributed by atoms with Gasteiger partial charge in [-0.3, -0.25) is 4.99 Å². The number of nitrogens with two attached hydrogens (primary N) is 1. The Morgan fingerprint density at radius 2 is 2.00 bits per heavy atom. The smallest absolute Gasteiger partial charge is 0.188 e. The molecule has 1 heterocycles. The Hall–Kier alpha value is -0.790. The van der Waals surface area contributed by atoms with Crippen LogP contribution in [0.1, 0.15) is 45.4 Å². The minimum atomic E-state index is 0. The molecule has 0 radical (unpaired) electrons. The van der Waals surface area contributed by atoms with Crippen LogP contribution in [0.5, 0.6) is 0 Å². The summed E-state index contributed by atoms with van der Waals surface area (Å²) in [7, 11) is 0. The predicted molar refractivity (Wildman–Crippen MR) is 95.5 cm³/mol. The zero-order valence-electron chi connectivity index (χ0n) is 12.4. The fraction of sp³-hybridized carbons (Fsp3) is 0.714. The highest BCUT2D eigenvalue weighted by Gasteiger charge is 1.93. The van der Waals surface area contributed by atoms with Crippen LogP contribution in [0.4, 0.5) is 0 Å². The van der Waals surface area contributed by atoms with E-state index >= 15 is 0 Å². The van der Waals surface area contributed by atoms with Crippen LogP contribution in [0.2, 0.25) is 0 Å². The number of aliphatic imine (C=N–C) groups is 1. The quantitative estimate of drug-likeness (QED) is 0.278. The molecule has 20 heavy (non-hydrogen) atoms. The summed E-state index contributed by atoms with van der Waals surface area (Å²) in [5.74, 6) is 0.550. The van der Waals surface area contributed by atoms with Crippen molar-refractivity contribution >= 4 is 29.9 Å². The summed E-state index contributed by atoms with van der Waals surface area (Å²) in [6, 6.07) is 0. The van der Waals surface area contributed by atoms with Gasteiger partial charge in [-0.25, -0.2) is 4.98 Å². The SMILES string of the molecule is CCCCCCCCN=C(N)NCCn1ccnc1.I. The van der Waals surface area contributed by atoms with Gasteiger partial charge in [0.25, 0.3) is 0 Å². The number of rotatable bonds is 10. The van der Waals surface area contributed by atoms with E-state index < -0.39 is 0 Å². The summed E-state index contributed by atoms with van der Waals surface area (Å²) in [5, 5.41) is 3.11. The Labute approximate surface area is 139 Å². The van der Waals surface area contributed by atoms with Gasteiger partial charge in [-0.2, -0.15) is 0 Å². The monoisotopic (exact) mass is 393 g/mol. The third kappa shape index (κ3) is 10.1. The Bertz CT molecular complexity index is 337. The van der Waals surface area contributed by atoms with Crippen LogP contribution in [0, 0.1) is 0 Å². The highest BCUT2D eigenvalue weighted by atomic mass is 127. The van der Waals surface area contributed by atoms with E-state index in [4.69, 9.17) is 5.73 Å². The van der Waals surface area contributed by atoms with Crippen molar-refractivity contribution in [1.82, 2.24) is 14.9 Å². The summed E-state index contributed by atoms with van der Waals surface area (Å²) >= 11 is 0. The van der Waals surface area contributed by atoms with Crippen molar-refractivity contribution in [2.24, 2.45) is 10.7 Å². The van der Waals surface area contributed by atoms with E-state index in [2.05, 4.69) is 22.2 Å². The average molecular weight is 393 g/mol. The van der Waals surface area contributed by atoms with Crippen molar-refractivity contribution in [1.29, 1.82) is 0 Å². The number of unbranched alkanes of at least 4 members (excludes halogenated alkanes) is 5. The first-order valence-corrected chi connectivity index (χ1v) is 7.32. The van der Waals surface area contributed by atoms with Crippen LogP contribution >= 0.6 is 24.0 Å². The molecule has 0 aromatic carbocycles. The third-order valence-electron chi connectivity index (χ3n) is 3.03. The fourth-order valence-corrected chi connectivity index (χ4v) is 1.88. The van der Waals surface area contributed by atoms with Crippen molar-refractivity contribution in [3.63, 3.8) is 0 Å². The highest BCUT2D eigenvalue weighted by Crippen LogP contribution is 2.04. The zero-order chi connectivity index (χ0) is 13.8. The second-order valence-electron chi connectivity index (χ2n) is 4.76. The first-order valence-electron chi connectivity index (χ1n) is 7.32. The van der Waals surface area contributed by atoms with E-state index in [0.29, 0.717) is 5.96 Å². The predicted octanol–water partition coefficient (Wildman–Crippen LogP) is 2.77. The van der Waals surface area contributed by atoms with Gasteiger partial charge in [0.05, 0.1) is 6.33 Å². The molecule has 0 saturated carbocycles. The first kappa shape index (κ1) is 19.2. The molecule has 3 N–H and O–H groups in total. The number of imidazole rings is 1. The van der Waals surface area contributed by atoms with E-state index in [-0.39, 0.29) is 24.0 Å². The van der Waals surface area contributed by atoms with Gasteiger partial charge in [-0.15, -0.1) is 24.0 Å². The van der Waals surface area contributed by atoms with Crippen LogP contribution in [0.3, 0.4) is 0 Å². The average Bonchev–Trinajstić information content (AvgIpc) is 2.91. The van der Waals surface area contributed by atoms with Gasteiger partial charge in [-0.1, -0.05) is 39.0 Å². The molecule has 5 nitrogen and oxygen atoms in total. The lowest BCUT2D eigenvalue weighted by atomic mass is 10.1. The first-order chi connectivity index (χ1) is 9.33. The molecular formula is C14H28IN5. The molecule has 1 rings (SSSR count). The maximum atomic E-state index is 5.79. The van der Waals surface area contributed by atoms with Gasteiger partial charge in [-0.05, 0) is 6.42 Å². The van der Waals surface area contributed by atoms with Crippen molar-refractivity contribution in [3.8, 4) is 0 Å². The molecule has 0 unspecified atom stereocenters. The van der Waals surface area contributed by atoms with E-state index in [1.165, 1.54) is 32.1 Å². The molecule has 0 aliphatic heterocycles. The molecule has 1 aromatic rings. The van der Waals surface area contributed by atoms with E-state index in [1.54, 1.807) is 12.5 Å². The van der Waals surface area contributed by atoms with Crippen LogP contribution in [-0.4, -0.2) is 28.6 Å². The lowest BCUT2D eigenvalue weighted by Gasteiger charge is -2.06. The molecule has 0 spiro atoms. The largest absolute Gasteiger partial charge is 0.370 e. The van der Waals surface area contributed by atoms with Crippen LogP contribution < -0.4 is 11.1 Å². The Kier molecular flexibility index (Phi) is 12.7. The summed E-state index contributed by atoms with van der Waals surface area (Å²) in [6.45, 7) is 4.70. The second kappa shape index (κ2) is 13.2. The summed E-state index contributed by atoms with van der Waals surface area (Å²) in [6.07, 6.45) is 13.2. The van der Waals surface area contributed by atoms with Gasteiger partial charge in [0.15, 0.2) is 5.96 Å². The van der Waals surface area contributed by atoms with Gasteiger partial charge in [0.2, 0.25) is 0 Å². The highest BCUT2D eigenvalue weighted by molar-refractivity contribution is 14.0. The number of hydrogen-bond donors (Lipinski definition) is 2. The number of nitrogens with one attached hydrogen (secondary N) is 1. The number of aromatic nitrogens is 2. The van der Waals surface area contributed by atoms with Crippen molar-refractivity contribution < 1.29 is 0 Å². The second-order valence-corrected chi connectivity index (χ2v) is 4.76. The molecule has 0 aliphatic carbocycles. The summed E-state index contributed by atoms with van der Waals surface area (Å²) < 4.78 is 2.01. The molecule has 6 heteroatoms.